The Kier molecular flexibility index (Phi) is 4.09. The van der Waals surface area contributed by atoms with Crippen molar-refractivity contribution in [3.63, 3.8) is 0 Å². The smallest absolute Gasteiger partial charge is 0.219 e. The van der Waals surface area contributed by atoms with E-state index in [4.69, 9.17) is 9.73 Å². The monoisotopic (exact) mass is 390 g/mol. The predicted molar refractivity (Wildman–Crippen MR) is 115 cm³/mol. The van der Waals surface area contributed by atoms with Crippen LogP contribution in [-0.4, -0.2) is 26.4 Å². The van der Waals surface area contributed by atoms with E-state index in [9.17, 15) is 5.11 Å². The highest BCUT2D eigenvalue weighted by Crippen LogP contribution is 2.49. The van der Waals surface area contributed by atoms with E-state index < -0.39 is 0 Å². The number of hydrogen-bond acceptors (Lipinski definition) is 5. The Bertz CT molecular complexity index is 1090. The molecular weight excluding hydrogens is 368 g/mol. The second-order valence-corrected chi connectivity index (χ2v) is 9.42. The summed E-state index contributed by atoms with van der Waals surface area (Å²) in [5.41, 5.74) is 1.92. The van der Waals surface area contributed by atoms with E-state index in [2.05, 4.69) is 24.9 Å². The Hall–Kier alpha value is -2.53. The van der Waals surface area contributed by atoms with Crippen molar-refractivity contribution in [1.29, 1.82) is 0 Å². The molecule has 2 heterocycles. The van der Waals surface area contributed by atoms with Gasteiger partial charge in [0, 0.05) is 22.3 Å². The molecule has 1 fully saturated rings. The molecule has 1 saturated carbocycles. The fourth-order valence-corrected chi connectivity index (χ4v) is 5.65. The van der Waals surface area contributed by atoms with Crippen molar-refractivity contribution in [2.45, 2.75) is 38.0 Å². The van der Waals surface area contributed by atoms with E-state index >= 15 is 0 Å². The van der Waals surface area contributed by atoms with Gasteiger partial charge in [-0.2, -0.15) is 0 Å². The molecule has 1 N–H and O–H groups in total. The zero-order valence-corrected chi connectivity index (χ0v) is 16.7. The molecule has 3 aromatic rings. The van der Waals surface area contributed by atoms with E-state index in [-0.39, 0.29) is 11.2 Å². The number of rotatable bonds is 3. The zero-order chi connectivity index (χ0) is 19.3. The molecule has 1 aromatic heterocycles. The Labute approximate surface area is 168 Å². The van der Waals surface area contributed by atoms with Crippen molar-refractivity contribution < 1.29 is 9.84 Å². The number of para-hydroxylation sites is 1. The van der Waals surface area contributed by atoms with Crippen molar-refractivity contribution in [3.05, 3.63) is 60.2 Å². The Morgan fingerprint density at radius 1 is 1.11 bits per heavy atom. The lowest BCUT2D eigenvalue weighted by Crippen LogP contribution is -2.24. The summed E-state index contributed by atoms with van der Waals surface area (Å²) in [6, 6.07) is 17.5. The fourth-order valence-electron chi connectivity index (χ4n) is 4.13. The number of nitrogens with zero attached hydrogens (tertiary/aromatic N) is 2. The van der Waals surface area contributed by atoms with Gasteiger partial charge in [-0.1, -0.05) is 38.1 Å². The second kappa shape index (κ2) is 6.52. The van der Waals surface area contributed by atoms with Gasteiger partial charge >= 0.3 is 0 Å². The van der Waals surface area contributed by atoms with Crippen molar-refractivity contribution >= 4 is 27.7 Å². The first kappa shape index (κ1) is 17.6. The SMILES string of the molecule is CC1(C)CC[C@H]2SC(c3cccc(Oc4ccc5cccc(O)c5n4)c3)=N[C@H]21. The number of aromatic nitrogens is 1. The second-order valence-electron chi connectivity index (χ2n) is 8.19. The van der Waals surface area contributed by atoms with Crippen LogP contribution in [0.1, 0.15) is 32.3 Å². The standard InChI is InChI=1S/C23H22N2O2S/c1-23(2)12-11-18-21(23)25-22(28-18)15-6-3-7-16(13-15)27-19-10-9-14-5-4-8-17(26)20(14)24-19/h3-10,13,18,21,26H,11-12H2,1-2H3/t18-,21-/m1/s1. The molecule has 0 amide bonds. The first-order valence-corrected chi connectivity index (χ1v) is 10.5. The Morgan fingerprint density at radius 2 is 1.96 bits per heavy atom. The van der Waals surface area contributed by atoms with Crippen molar-refractivity contribution in [1.82, 2.24) is 4.98 Å². The van der Waals surface area contributed by atoms with Crippen LogP contribution in [0, 0.1) is 5.41 Å². The third kappa shape index (κ3) is 3.04. The minimum absolute atomic E-state index is 0.155. The molecule has 1 aliphatic carbocycles. The molecule has 2 aliphatic rings. The molecule has 28 heavy (non-hydrogen) atoms. The van der Waals surface area contributed by atoms with Gasteiger partial charge in [-0.05, 0) is 42.5 Å². The zero-order valence-electron chi connectivity index (χ0n) is 15.9. The third-order valence-corrected chi connectivity index (χ3v) is 7.08. The number of phenols is 1. The van der Waals surface area contributed by atoms with Gasteiger partial charge in [-0.15, -0.1) is 11.8 Å². The quantitative estimate of drug-likeness (QED) is 0.615. The maximum atomic E-state index is 10.0. The lowest BCUT2D eigenvalue weighted by atomic mass is 9.88. The molecule has 0 spiro atoms. The first-order chi connectivity index (χ1) is 13.5. The van der Waals surface area contributed by atoms with Gasteiger partial charge in [-0.3, -0.25) is 4.99 Å². The predicted octanol–water partition coefficient (Wildman–Crippen LogP) is 5.78. The average molecular weight is 391 g/mol. The number of ether oxygens (including phenoxy) is 1. The maximum absolute atomic E-state index is 10.0. The summed E-state index contributed by atoms with van der Waals surface area (Å²) in [5.74, 6) is 1.34. The van der Waals surface area contributed by atoms with Crippen LogP contribution in [-0.2, 0) is 0 Å². The molecular formula is C23H22N2O2S. The lowest BCUT2D eigenvalue weighted by Gasteiger charge is -2.22. The van der Waals surface area contributed by atoms with Gasteiger partial charge in [0.15, 0.2) is 0 Å². The van der Waals surface area contributed by atoms with Gasteiger partial charge in [0.25, 0.3) is 0 Å². The number of benzene rings is 2. The summed E-state index contributed by atoms with van der Waals surface area (Å²) in [6.45, 7) is 4.65. The third-order valence-electron chi connectivity index (χ3n) is 5.72. The number of hydrogen-bond donors (Lipinski definition) is 1. The van der Waals surface area contributed by atoms with E-state index in [1.807, 2.05) is 48.2 Å². The summed E-state index contributed by atoms with van der Waals surface area (Å²) in [5, 5.41) is 12.6. The van der Waals surface area contributed by atoms with Gasteiger partial charge in [0.1, 0.15) is 17.0 Å². The van der Waals surface area contributed by atoms with Gasteiger partial charge in [0.2, 0.25) is 5.88 Å². The molecule has 142 valence electrons. The number of fused-ring (bicyclic) bond motifs is 2. The number of aliphatic imine (C=N–C) groups is 1. The summed E-state index contributed by atoms with van der Waals surface area (Å²) >= 11 is 1.90. The minimum Gasteiger partial charge on any atom is -0.506 e. The molecule has 0 bridgehead atoms. The number of phenolic OH excluding ortho intramolecular Hbond substituents is 1. The van der Waals surface area contributed by atoms with Crippen LogP contribution in [0.15, 0.2) is 59.6 Å². The Morgan fingerprint density at radius 3 is 2.82 bits per heavy atom. The van der Waals surface area contributed by atoms with E-state index in [0.717, 1.165) is 21.7 Å². The number of thioether (sulfide) groups is 1. The highest BCUT2D eigenvalue weighted by molar-refractivity contribution is 8.15. The van der Waals surface area contributed by atoms with Crippen molar-refractivity contribution in [2.24, 2.45) is 10.4 Å². The largest absolute Gasteiger partial charge is 0.506 e. The van der Waals surface area contributed by atoms with Crippen molar-refractivity contribution in [2.75, 3.05) is 0 Å². The van der Waals surface area contributed by atoms with Crippen LogP contribution < -0.4 is 4.74 Å². The van der Waals surface area contributed by atoms with Crippen LogP contribution in [0.25, 0.3) is 10.9 Å². The maximum Gasteiger partial charge on any atom is 0.219 e. The van der Waals surface area contributed by atoms with Crippen molar-refractivity contribution in [3.8, 4) is 17.4 Å². The molecule has 2 atom stereocenters. The van der Waals surface area contributed by atoms with E-state index in [1.54, 1.807) is 12.1 Å². The van der Waals surface area contributed by atoms with Gasteiger partial charge in [-0.25, -0.2) is 4.98 Å². The first-order valence-electron chi connectivity index (χ1n) is 9.61. The average Bonchev–Trinajstić information content (AvgIpc) is 3.24. The Balaban J connectivity index is 1.42. The lowest BCUT2D eigenvalue weighted by molar-refractivity contribution is 0.338. The van der Waals surface area contributed by atoms with E-state index in [1.165, 1.54) is 12.8 Å². The summed E-state index contributed by atoms with van der Waals surface area (Å²) in [4.78, 5) is 9.50. The van der Waals surface area contributed by atoms with Crippen LogP contribution in [0.3, 0.4) is 0 Å². The topological polar surface area (TPSA) is 54.7 Å². The molecule has 4 nitrogen and oxygen atoms in total. The van der Waals surface area contributed by atoms with Crippen LogP contribution in [0.4, 0.5) is 0 Å². The summed E-state index contributed by atoms with van der Waals surface area (Å²) in [7, 11) is 0. The van der Waals surface area contributed by atoms with Gasteiger partial charge in [0.05, 0.1) is 11.1 Å². The summed E-state index contributed by atoms with van der Waals surface area (Å²) < 4.78 is 5.99. The normalized spacial score (nSPS) is 22.9. The van der Waals surface area contributed by atoms with Crippen LogP contribution >= 0.6 is 11.8 Å². The van der Waals surface area contributed by atoms with E-state index in [0.29, 0.717) is 22.7 Å². The molecule has 0 unspecified atom stereocenters. The number of aromatic hydroxyl groups is 1. The fraction of sp³-hybridized carbons (Fsp3) is 0.304. The summed E-state index contributed by atoms with van der Waals surface area (Å²) in [6.07, 6.45) is 2.48. The highest BCUT2D eigenvalue weighted by atomic mass is 32.2. The van der Waals surface area contributed by atoms with Gasteiger partial charge < -0.3 is 9.84 Å². The molecule has 5 rings (SSSR count). The minimum atomic E-state index is 0.155. The van der Waals surface area contributed by atoms with Crippen LogP contribution in [0.5, 0.6) is 17.4 Å². The highest BCUT2D eigenvalue weighted by Gasteiger charge is 2.46. The molecule has 2 aromatic carbocycles. The van der Waals surface area contributed by atoms with Crippen LogP contribution in [0.2, 0.25) is 0 Å². The molecule has 1 aliphatic heterocycles. The molecule has 0 radical (unpaired) electrons. The molecule has 0 saturated heterocycles. The molecule has 5 heteroatoms. The number of pyridine rings is 1.